The van der Waals surface area contributed by atoms with Crippen molar-refractivity contribution in [2.24, 2.45) is 0 Å². The van der Waals surface area contributed by atoms with Crippen molar-refractivity contribution in [2.75, 3.05) is 6.54 Å². The van der Waals surface area contributed by atoms with Crippen LogP contribution in [-0.2, 0) is 11.3 Å². The first-order chi connectivity index (χ1) is 11.0. The number of carbonyl (C=O) groups is 2. The van der Waals surface area contributed by atoms with E-state index in [1.165, 1.54) is 12.3 Å². The van der Waals surface area contributed by atoms with E-state index in [0.717, 1.165) is 0 Å². The number of hydrogen-bond donors (Lipinski definition) is 2. The van der Waals surface area contributed by atoms with E-state index < -0.39 is 16.7 Å². The summed E-state index contributed by atoms with van der Waals surface area (Å²) in [4.78, 5) is 34.1. The van der Waals surface area contributed by atoms with Gasteiger partial charge in [-0.05, 0) is 25.1 Å². The predicted octanol–water partition coefficient (Wildman–Crippen LogP) is 1.54. The lowest BCUT2D eigenvalue weighted by molar-refractivity contribution is -0.385. The number of rotatable bonds is 6. The second-order valence-electron chi connectivity index (χ2n) is 4.77. The van der Waals surface area contributed by atoms with Gasteiger partial charge in [-0.15, -0.1) is 0 Å². The number of nitro benzene ring substituents is 1. The van der Waals surface area contributed by atoms with Gasteiger partial charge in [-0.2, -0.15) is 0 Å². The number of nitrogens with one attached hydrogen (secondary N) is 2. The van der Waals surface area contributed by atoms with Crippen LogP contribution in [0.25, 0.3) is 0 Å². The molecule has 0 fully saturated rings. The fourth-order valence-electron chi connectivity index (χ4n) is 2.00. The summed E-state index contributed by atoms with van der Waals surface area (Å²) < 4.78 is 5.06. The third-order valence-corrected chi connectivity index (χ3v) is 3.11. The normalized spacial score (nSPS) is 10.1. The third kappa shape index (κ3) is 4.16. The van der Waals surface area contributed by atoms with Gasteiger partial charge < -0.3 is 15.1 Å². The molecule has 0 aliphatic heterocycles. The molecule has 0 spiro atoms. The van der Waals surface area contributed by atoms with Crippen molar-refractivity contribution in [3.05, 3.63) is 63.6 Å². The fraction of sp³-hybridized carbons (Fsp3) is 0.200. The monoisotopic (exact) mass is 317 g/mol. The van der Waals surface area contributed by atoms with Crippen molar-refractivity contribution in [1.82, 2.24) is 10.6 Å². The van der Waals surface area contributed by atoms with E-state index in [-0.39, 0.29) is 24.3 Å². The molecule has 1 aromatic carbocycles. The van der Waals surface area contributed by atoms with Crippen LogP contribution in [0.3, 0.4) is 0 Å². The summed E-state index contributed by atoms with van der Waals surface area (Å²) in [6.07, 6.45) is 1.49. The maximum absolute atomic E-state index is 12.0. The molecule has 23 heavy (non-hydrogen) atoms. The van der Waals surface area contributed by atoms with E-state index in [1.807, 2.05) is 0 Å². The number of hydrogen-bond acceptors (Lipinski definition) is 5. The summed E-state index contributed by atoms with van der Waals surface area (Å²) in [5, 5.41) is 16.0. The van der Waals surface area contributed by atoms with E-state index in [2.05, 4.69) is 10.6 Å². The van der Waals surface area contributed by atoms with E-state index in [0.29, 0.717) is 11.3 Å². The summed E-state index contributed by atoms with van der Waals surface area (Å²) in [5.74, 6) is -0.516. The molecule has 0 unspecified atom stereocenters. The summed E-state index contributed by atoms with van der Waals surface area (Å²) in [7, 11) is 0. The number of carbonyl (C=O) groups excluding carboxylic acids is 2. The molecule has 0 bridgehead atoms. The van der Waals surface area contributed by atoms with E-state index >= 15 is 0 Å². The molecule has 0 saturated carbocycles. The lowest BCUT2D eigenvalue weighted by atomic mass is 10.1. The van der Waals surface area contributed by atoms with Crippen LogP contribution < -0.4 is 10.6 Å². The molecule has 8 nitrogen and oxygen atoms in total. The highest BCUT2D eigenvalue weighted by atomic mass is 16.6. The molecule has 1 aromatic heterocycles. The SMILES string of the molecule is Cc1cccc(C(=O)NCC(=O)NCc2ccco2)c1[N+](=O)[O-]. The van der Waals surface area contributed by atoms with Crippen molar-refractivity contribution < 1.29 is 18.9 Å². The molecule has 120 valence electrons. The minimum atomic E-state index is -0.673. The van der Waals surface area contributed by atoms with Gasteiger partial charge in [-0.1, -0.05) is 12.1 Å². The van der Waals surface area contributed by atoms with Crippen LogP contribution in [0, 0.1) is 17.0 Å². The van der Waals surface area contributed by atoms with Gasteiger partial charge in [0.25, 0.3) is 11.6 Å². The first kappa shape index (κ1) is 16.2. The molecule has 0 atom stereocenters. The molecule has 0 saturated heterocycles. The molecule has 0 aliphatic carbocycles. The Morgan fingerprint density at radius 2 is 2.00 bits per heavy atom. The van der Waals surface area contributed by atoms with Gasteiger partial charge in [0.05, 0.1) is 24.3 Å². The Bertz CT molecular complexity index is 725. The number of nitrogens with zero attached hydrogens (tertiary/aromatic N) is 1. The van der Waals surface area contributed by atoms with Crippen molar-refractivity contribution >= 4 is 17.5 Å². The highest BCUT2D eigenvalue weighted by Gasteiger charge is 2.22. The molecular weight excluding hydrogens is 302 g/mol. The number of aryl methyl sites for hydroxylation is 1. The Balaban J connectivity index is 1.93. The van der Waals surface area contributed by atoms with E-state index in [4.69, 9.17) is 4.42 Å². The van der Waals surface area contributed by atoms with E-state index in [9.17, 15) is 19.7 Å². The van der Waals surface area contributed by atoms with Crippen LogP contribution in [0.15, 0.2) is 41.0 Å². The first-order valence-corrected chi connectivity index (χ1v) is 6.80. The number of para-hydroxylation sites is 1. The average molecular weight is 317 g/mol. The number of nitro groups is 1. The Kier molecular flexibility index (Phi) is 5.08. The van der Waals surface area contributed by atoms with Crippen LogP contribution in [0.1, 0.15) is 21.7 Å². The molecule has 0 radical (unpaired) electrons. The Morgan fingerprint density at radius 1 is 1.22 bits per heavy atom. The molecule has 2 rings (SSSR count). The van der Waals surface area contributed by atoms with Gasteiger partial charge in [0.1, 0.15) is 11.3 Å². The topological polar surface area (TPSA) is 114 Å². The van der Waals surface area contributed by atoms with Gasteiger partial charge in [0.2, 0.25) is 5.91 Å². The molecular formula is C15H15N3O5. The second kappa shape index (κ2) is 7.21. The number of furan rings is 1. The average Bonchev–Trinajstić information content (AvgIpc) is 3.03. The lowest BCUT2D eigenvalue weighted by Crippen LogP contribution is -2.36. The van der Waals surface area contributed by atoms with Gasteiger partial charge in [-0.3, -0.25) is 19.7 Å². The summed E-state index contributed by atoms with van der Waals surface area (Å²) in [6.45, 7) is 1.46. The fourth-order valence-corrected chi connectivity index (χ4v) is 2.00. The van der Waals surface area contributed by atoms with Crippen LogP contribution in [-0.4, -0.2) is 23.3 Å². The van der Waals surface area contributed by atoms with Gasteiger partial charge in [-0.25, -0.2) is 0 Å². The largest absolute Gasteiger partial charge is 0.467 e. The summed E-state index contributed by atoms with van der Waals surface area (Å²) in [5.41, 5.74) is 0.0414. The molecule has 1 heterocycles. The maximum Gasteiger partial charge on any atom is 0.285 e. The quantitative estimate of drug-likeness (QED) is 0.619. The molecule has 2 aromatic rings. The Hall–Kier alpha value is -3.16. The number of amides is 2. The van der Waals surface area contributed by atoms with Crippen LogP contribution >= 0.6 is 0 Å². The highest BCUT2D eigenvalue weighted by Crippen LogP contribution is 2.22. The smallest absolute Gasteiger partial charge is 0.285 e. The summed E-state index contributed by atoms with van der Waals surface area (Å²) in [6, 6.07) is 7.84. The van der Waals surface area contributed by atoms with Crippen molar-refractivity contribution in [3.8, 4) is 0 Å². The van der Waals surface area contributed by atoms with Gasteiger partial charge in [0, 0.05) is 5.56 Å². The van der Waals surface area contributed by atoms with Crippen molar-refractivity contribution in [2.45, 2.75) is 13.5 Å². The van der Waals surface area contributed by atoms with E-state index in [1.54, 1.807) is 31.2 Å². The van der Waals surface area contributed by atoms with Crippen LogP contribution in [0.2, 0.25) is 0 Å². The molecule has 0 aliphatic rings. The Labute approximate surface area is 131 Å². The van der Waals surface area contributed by atoms with Gasteiger partial charge >= 0.3 is 0 Å². The molecule has 2 N–H and O–H groups in total. The minimum Gasteiger partial charge on any atom is -0.467 e. The van der Waals surface area contributed by atoms with Crippen molar-refractivity contribution in [3.63, 3.8) is 0 Å². The Morgan fingerprint density at radius 3 is 2.65 bits per heavy atom. The minimum absolute atomic E-state index is 0.0752. The second-order valence-corrected chi connectivity index (χ2v) is 4.77. The number of benzene rings is 1. The zero-order valence-electron chi connectivity index (χ0n) is 12.4. The zero-order valence-corrected chi connectivity index (χ0v) is 12.4. The highest BCUT2D eigenvalue weighted by molar-refractivity contribution is 6.00. The lowest BCUT2D eigenvalue weighted by Gasteiger charge is -2.07. The first-order valence-electron chi connectivity index (χ1n) is 6.80. The standard InChI is InChI=1S/C15H15N3O5/c1-10-4-2-6-12(14(10)18(21)22)15(20)17-9-13(19)16-8-11-5-3-7-23-11/h2-7H,8-9H2,1H3,(H,16,19)(H,17,20). The predicted molar refractivity (Wildman–Crippen MR) is 80.7 cm³/mol. The van der Waals surface area contributed by atoms with Crippen LogP contribution in [0.4, 0.5) is 5.69 Å². The third-order valence-electron chi connectivity index (χ3n) is 3.11. The summed E-state index contributed by atoms with van der Waals surface area (Å²) >= 11 is 0. The molecule has 8 heteroatoms. The van der Waals surface area contributed by atoms with Crippen LogP contribution in [0.5, 0.6) is 0 Å². The van der Waals surface area contributed by atoms with Crippen molar-refractivity contribution in [1.29, 1.82) is 0 Å². The van der Waals surface area contributed by atoms with Gasteiger partial charge in [0.15, 0.2) is 0 Å². The zero-order chi connectivity index (χ0) is 16.8. The molecule has 2 amide bonds. The maximum atomic E-state index is 12.0.